The van der Waals surface area contributed by atoms with E-state index in [2.05, 4.69) is 25.9 Å². The third-order valence-electron chi connectivity index (χ3n) is 8.97. The fourth-order valence-corrected chi connectivity index (χ4v) is 7.69. The molecule has 2 aliphatic rings. The van der Waals surface area contributed by atoms with Gasteiger partial charge in [-0.25, -0.2) is 23.5 Å². The van der Waals surface area contributed by atoms with Gasteiger partial charge in [0.2, 0.25) is 0 Å². The highest BCUT2D eigenvalue weighted by Crippen LogP contribution is 2.41. The first kappa shape index (κ1) is 31.9. The van der Waals surface area contributed by atoms with Crippen LogP contribution in [-0.2, 0) is 6.54 Å². The Kier molecular flexibility index (Phi) is 8.22. The molecule has 2 fully saturated rings. The van der Waals surface area contributed by atoms with E-state index >= 15 is 0 Å². The summed E-state index contributed by atoms with van der Waals surface area (Å²) in [5.41, 5.74) is 1.86. The molecule has 7 rings (SSSR count). The first-order valence-corrected chi connectivity index (χ1v) is 16.5. The number of nitriles is 1. The lowest BCUT2D eigenvalue weighted by molar-refractivity contribution is -0.124. The largest absolute Gasteiger partial charge is 0.491 e. The standard InChI is InChI=1S/C33H28ClF2N7O4S/c1-18-40-25-16-39-30(42-8-6-41(7-9-42)20-13-33(35,36)14-20)23(15-37)27(25)31(44)43(18)10-11-47-26-3-2-19(34)12-22(26)21-4-5-38-28-24(32(45)46)17-48-29(21)28/h2-5,12,16-17,20H,6-11,13-14H2,1H3,(H,45,46). The highest BCUT2D eigenvalue weighted by Gasteiger charge is 2.48. The normalized spacial score (nSPS) is 16.6. The Bertz CT molecular complexity index is 2190. The van der Waals surface area contributed by atoms with E-state index < -0.39 is 17.5 Å². The molecular weight excluding hydrogens is 664 g/mol. The Morgan fingerprint density at radius 1 is 1.19 bits per heavy atom. The zero-order valence-corrected chi connectivity index (χ0v) is 27.2. The molecular formula is C33H28ClF2N7O4S. The average molecular weight is 692 g/mol. The van der Waals surface area contributed by atoms with Gasteiger partial charge in [0.05, 0.1) is 39.4 Å². The summed E-state index contributed by atoms with van der Waals surface area (Å²) in [6, 6.07) is 8.93. The number of carbonyl (C=O) groups is 1. The van der Waals surface area contributed by atoms with Gasteiger partial charge in [-0.2, -0.15) is 5.26 Å². The second kappa shape index (κ2) is 12.4. The lowest BCUT2D eigenvalue weighted by Crippen LogP contribution is -2.57. The van der Waals surface area contributed by atoms with Gasteiger partial charge >= 0.3 is 5.97 Å². The fraction of sp³-hybridized carbons (Fsp3) is 0.333. The van der Waals surface area contributed by atoms with Crippen molar-refractivity contribution in [2.75, 3.05) is 37.7 Å². The molecule has 1 saturated carbocycles. The molecule has 1 aliphatic carbocycles. The number of ether oxygens (including phenoxy) is 1. The van der Waals surface area contributed by atoms with E-state index in [9.17, 15) is 28.7 Å². The first-order chi connectivity index (χ1) is 23.0. The van der Waals surface area contributed by atoms with Crippen LogP contribution >= 0.6 is 22.9 Å². The van der Waals surface area contributed by atoms with E-state index in [0.29, 0.717) is 75.5 Å². The van der Waals surface area contributed by atoms with Crippen LogP contribution in [0.1, 0.15) is 34.6 Å². The summed E-state index contributed by atoms with van der Waals surface area (Å²) in [7, 11) is 0. The van der Waals surface area contributed by atoms with E-state index in [4.69, 9.17) is 16.3 Å². The van der Waals surface area contributed by atoms with Gasteiger partial charge < -0.3 is 14.7 Å². The first-order valence-electron chi connectivity index (χ1n) is 15.2. The number of pyridine rings is 2. The third-order valence-corrected chi connectivity index (χ3v) is 10.2. The van der Waals surface area contributed by atoms with E-state index in [1.54, 1.807) is 36.6 Å². The van der Waals surface area contributed by atoms with Crippen LogP contribution in [0.15, 0.2) is 46.8 Å². The van der Waals surface area contributed by atoms with E-state index in [0.717, 1.165) is 0 Å². The Morgan fingerprint density at radius 3 is 2.67 bits per heavy atom. The minimum Gasteiger partial charge on any atom is -0.491 e. The zero-order valence-electron chi connectivity index (χ0n) is 25.6. The fourth-order valence-electron chi connectivity index (χ4n) is 6.49. The number of aryl methyl sites for hydroxylation is 1. The number of carboxylic acid groups (broad SMARTS) is 1. The quantitative estimate of drug-likeness (QED) is 0.219. The van der Waals surface area contributed by atoms with Gasteiger partial charge in [0, 0.05) is 72.8 Å². The van der Waals surface area contributed by atoms with E-state index in [-0.39, 0.29) is 48.5 Å². The third kappa shape index (κ3) is 5.72. The van der Waals surface area contributed by atoms with Crippen molar-refractivity contribution >= 4 is 55.8 Å². The van der Waals surface area contributed by atoms with Crippen LogP contribution in [0.2, 0.25) is 5.02 Å². The van der Waals surface area contributed by atoms with Gasteiger partial charge in [-0.1, -0.05) is 11.6 Å². The highest BCUT2D eigenvalue weighted by atomic mass is 35.5. The number of rotatable bonds is 8. The molecule has 11 nitrogen and oxygen atoms in total. The van der Waals surface area contributed by atoms with Crippen LogP contribution in [0.4, 0.5) is 14.6 Å². The second-order valence-corrected chi connectivity index (χ2v) is 13.2. The number of aromatic nitrogens is 4. The maximum atomic E-state index is 13.9. The minimum atomic E-state index is -2.59. The molecule has 4 aromatic heterocycles. The number of hydrogen-bond donors (Lipinski definition) is 1. The molecule has 1 aromatic carbocycles. The molecule has 5 heterocycles. The maximum absolute atomic E-state index is 13.9. The predicted octanol–water partition coefficient (Wildman–Crippen LogP) is 5.60. The van der Waals surface area contributed by atoms with Crippen LogP contribution in [0.3, 0.4) is 0 Å². The number of anilines is 1. The summed E-state index contributed by atoms with van der Waals surface area (Å²) in [6.45, 7) is 4.00. The molecule has 15 heteroatoms. The second-order valence-electron chi connectivity index (χ2n) is 11.9. The van der Waals surface area contributed by atoms with Gasteiger partial charge in [-0.3, -0.25) is 19.2 Å². The van der Waals surface area contributed by atoms with Crippen molar-refractivity contribution in [1.29, 1.82) is 5.26 Å². The molecule has 1 aliphatic heterocycles. The molecule has 0 bridgehead atoms. The lowest BCUT2D eigenvalue weighted by atomic mass is 9.86. The molecule has 1 saturated heterocycles. The number of piperazine rings is 1. The summed E-state index contributed by atoms with van der Waals surface area (Å²) >= 11 is 7.62. The van der Waals surface area contributed by atoms with E-state index in [1.807, 2.05) is 4.90 Å². The Hall–Kier alpha value is -4.71. The van der Waals surface area contributed by atoms with Crippen molar-refractivity contribution in [3.8, 4) is 22.9 Å². The van der Waals surface area contributed by atoms with Crippen molar-refractivity contribution < 1.29 is 23.4 Å². The Morgan fingerprint density at radius 2 is 1.96 bits per heavy atom. The number of nitrogens with zero attached hydrogens (tertiary/aromatic N) is 7. The van der Waals surface area contributed by atoms with Crippen molar-refractivity contribution in [3.05, 3.63) is 74.4 Å². The van der Waals surface area contributed by atoms with Crippen LogP contribution in [-0.4, -0.2) is 80.2 Å². The van der Waals surface area contributed by atoms with Crippen LogP contribution in [0.25, 0.3) is 32.2 Å². The van der Waals surface area contributed by atoms with Crippen molar-refractivity contribution in [2.45, 2.75) is 38.3 Å². The molecule has 0 amide bonds. The summed E-state index contributed by atoms with van der Waals surface area (Å²) in [4.78, 5) is 42.9. The molecule has 0 spiro atoms. The monoisotopic (exact) mass is 691 g/mol. The number of alkyl halides is 2. The van der Waals surface area contributed by atoms with Crippen LogP contribution in [0.5, 0.6) is 5.75 Å². The van der Waals surface area contributed by atoms with Gasteiger partial charge in [0.1, 0.15) is 35.6 Å². The smallest absolute Gasteiger partial charge is 0.338 e. The molecule has 246 valence electrons. The summed E-state index contributed by atoms with van der Waals surface area (Å²) < 4.78 is 35.2. The number of halogens is 3. The molecule has 48 heavy (non-hydrogen) atoms. The molecule has 0 radical (unpaired) electrons. The number of carboxylic acids is 1. The number of aromatic carboxylic acids is 1. The highest BCUT2D eigenvalue weighted by molar-refractivity contribution is 7.18. The van der Waals surface area contributed by atoms with E-state index in [1.165, 1.54) is 28.3 Å². The Labute approximate surface area is 281 Å². The Balaban J connectivity index is 1.14. The lowest BCUT2D eigenvalue weighted by Gasteiger charge is -2.46. The number of thiophene rings is 1. The zero-order chi connectivity index (χ0) is 33.7. The van der Waals surface area contributed by atoms with Gasteiger partial charge in [0.25, 0.3) is 11.5 Å². The van der Waals surface area contributed by atoms with Crippen molar-refractivity contribution in [2.24, 2.45) is 0 Å². The molecule has 0 atom stereocenters. The number of benzene rings is 1. The summed E-state index contributed by atoms with van der Waals surface area (Å²) in [5, 5.41) is 22.0. The van der Waals surface area contributed by atoms with Crippen LogP contribution < -0.4 is 15.2 Å². The summed E-state index contributed by atoms with van der Waals surface area (Å²) in [6.07, 6.45) is 2.77. The van der Waals surface area contributed by atoms with Crippen LogP contribution in [0, 0.1) is 18.3 Å². The topological polar surface area (TPSA) is 137 Å². The van der Waals surface area contributed by atoms with Gasteiger partial charge in [-0.05, 0) is 31.2 Å². The minimum absolute atomic E-state index is 0.0730. The molecule has 5 aromatic rings. The summed E-state index contributed by atoms with van der Waals surface area (Å²) in [5.74, 6) is -2.38. The maximum Gasteiger partial charge on any atom is 0.338 e. The average Bonchev–Trinajstić information content (AvgIpc) is 3.50. The van der Waals surface area contributed by atoms with Gasteiger partial charge in [0.15, 0.2) is 0 Å². The molecule has 0 unspecified atom stereocenters. The number of hydrogen-bond acceptors (Lipinski definition) is 10. The SMILES string of the molecule is Cc1nc2cnc(N3CCN(C4CC(F)(F)C4)CC3)c(C#N)c2c(=O)n1CCOc1ccc(Cl)cc1-c1ccnc2c(C(=O)O)csc12. The van der Waals surface area contributed by atoms with Crippen molar-refractivity contribution in [1.82, 2.24) is 24.4 Å². The van der Waals surface area contributed by atoms with Gasteiger partial charge in [-0.15, -0.1) is 11.3 Å². The number of fused-ring (bicyclic) bond motifs is 2. The predicted molar refractivity (Wildman–Crippen MR) is 178 cm³/mol. The van der Waals surface area contributed by atoms with Crippen molar-refractivity contribution in [3.63, 3.8) is 0 Å². The molecule has 1 N–H and O–H groups in total.